The molecular formula is C17H15BrN4O4S2. The monoisotopic (exact) mass is 482 g/mol. The first kappa shape index (κ1) is 19.2. The van der Waals surface area contributed by atoms with Crippen LogP contribution < -0.4 is 5.32 Å². The van der Waals surface area contributed by atoms with Crippen molar-refractivity contribution in [2.24, 2.45) is 0 Å². The van der Waals surface area contributed by atoms with E-state index in [2.05, 4.69) is 31.4 Å². The van der Waals surface area contributed by atoms with E-state index in [1.54, 1.807) is 31.2 Å². The van der Waals surface area contributed by atoms with Crippen molar-refractivity contribution in [3.63, 3.8) is 0 Å². The third-order valence-electron chi connectivity index (χ3n) is 4.23. The molecule has 1 aromatic carbocycles. The molecule has 0 aliphatic carbocycles. The Morgan fingerprint density at radius 1 is 1.32 bits per heavy atom. The van der Waals surface area contributed by atoms with Gasteiger partial charge < -0.3 is 4.52 Å². The second-order valence-corrected chi connectivity index (χ2v) is 10.1. The summed E-state index contributed by atoms with van der Waals surface area (Å²) in [6.45, 7) is 2.27. The maximum absolute atomic E-state index is 12.9. The number of anilines is 1. The zero-order valence-corrected chi connectivity index (χ0v) is 17.9. The Balaban J connectivity index is 1.51. The Labute approximate surface area is 173 Å². The smallest absolute Gasteiger partial charge is 0.279 e. The van der Waals surface area contributed by atoms with Gasteiger partial charge in [0.2, 0.25) is 10.0 Å². The van der Waals surface area contributed by atoms with E-state index >= 15 is 0 Å². The molecule has 0 bridgehead atoms. The Bertz CT molecular complexity index is 1140. The van der Waals surface area contributed by atoms with Crippen LogP contribution in [0.1, 0.15) is 26.8 Å². The number of thiazole rings is 1. The van der Waals surface area contributed by atoms with Crippen molar-refractivity contribution >= 4 is 48.3 Å². The standard InChI is InChI=1S/C17H15BrN4O4S2/c1-10-8-14(21-26-10)16(23)20-17-19-13-6-7-22(9-15(13)27-17)28(24,25)12-4-2-11(18)3-5-12/h2-5,8H,6-7,9H2,1H3,(H,19,20,23). The lowest BCUT2D eigenvalue weighted by molar-refractivity contribution is 0.101. The molecule has 8 nitrogen and oxygen atoms in total. The van der Waals surface area contributed by atoms with Crippen LogP contribution in [0, 0.1) is 6.92 Å². The van der Waals surface area contributed by atoms with Gasteiger partial charge in [0.25, 0.3) is 5.91 Å². The summed E-state index contributed by atoms with van der Waals surface area (Å²) in [4.78, 5) is 17.7. The van der Waals surface area contributed by atoms with Crippen LogP contribution >= 0.6 is 27.3 Å². The van der Waals surface area contributed by atoms with Gasteiger partial charge in [-0.3, -0.25) is 10.1 Å². The Morgan fingerprint density at radius 3 is 2.75 bits per heavy atom. The molecule has 0 fully saturated rings. The van der Waals surface area contributed by atoms with Gasteiger partial charge in [-0.2, -0.15) is 4.31 Å². The number of carbonyl (C=O) groups is 1. The van der Waals surface area contributed by atoms with Gasteiger partial charge in [-0.15, -0.1) is 11.3 Å². The summed E-state index contributed by atoms with van der Waals surface area (Å²) < 4.78 is 32.9. The maximum atomic E-state index is 12.9. The molecule has 1 aliphatic rings. The number of nitrogens with zero attached hydrogens (tertiary/aromatic N) is 3. The van der Waals surface area contributed by atoms with Crippen molar-refractivity contribution in [1.29, 1.82) is 0 Å². The zero-order chi connectivity index (χ0) is 19.9. The molecule has 11 heteroatoms. The molecule has 3 heterocycles. The third-order valence-corrected chi connectivity index (χ3v) is 7.61. The highest BCUT2D eigenvalue weighted by atomic mass is 79.9. The van der Waals surface area contributed by atoms with Gasteiger partial charge in [-0.1, -0.05) is 21.1 Å². The predicted octanol–water partition coefficient (Wildman–Crippen LogP) is 3.20. The number of aromatic nitrogens is 2. The van der Waals surface area contributed by atoms with Crippen LogP contribution in [-0.4, -0.2) is 35.3 Å². The van der Waals surface area contributed by atoms with E-state index in [0.29, 0.717) is 23.9 Å². The van der Waals surface area contributed by atoms with Gasteiger partial charge in [0, 0.05) is 28.4 Å². The minimum Gasteiger partial charge on any atom is -0.361 e. The number of amides is 1. The molecule has 0 unspecified atom stereocenters. The molecule has 0 saturated heterocycles. The van der Waals surface area contributed by atoms with E-state index in [4.69, 9.17) is 4.52 Å². The molecule has 3 aromatic rings. The van der Waals surface area contributed by atoms with Crippen LogP contribution in [0.4, 0.5) is 5.13 Å². The fourth-order valence-electron chi connectivity index (χ4n) is 2.82. The Hall–Kier alpha value is -2.08. The molecule has 0 radical (unpaired) electrons. The topological polar surface area (TPSA) is 105 Å². The van der Waals surface area contributed by atoms with Crippen LogP contribution in [0.2, 0.25) is 0 Å². The highest BCUT2D eigenvalue weighted by Crippen LogP contribution is 2.31. The fraction of sp³-hybridized carbons (Fsp3) is 0.235. The number of benzene rings is 1. The van der Waals surface area contributed by atoms with Gasteiger partial charge >= 0.3 is 0 Å². The van der Waals surface area contributed by atoms with Crippen LogP contribution in [0.5, 0.6) is 0 Å². The van der Waals surface area contributed by atoms with E-state index < -0.39 is 15.9 Å². The maximum Gasteiger partial charge on any atom is 0.279 e. The van der Waals surface area contributed by atoms with Crippen molar-refractivity contribution in [3.8, 4) is 0 Å². The van der Waals surface area contributed by atoms with Crippen molar-refractivity contribution < 1.29 is 17.7 Å². The van der Waals surface area contributed by atoms with Gasteiger partial charge in [0.1, 0.15) is 5.76 Å². The largest absolute Gasteiger partial charge is 0.361 e. The first-order valence-electron chi connectivity index (χ1n) is 8.32. The lowest BCUT2D eigenvalue weighted by atomic mass is 10.2. The summed E-state index contributed by atoms with van der Waals surface area (Å²) in [5.74, 6) is 0.125. The van der Waals surface area contributed by atoms with Crippen LogP contribution in [-0.2, 0) is 23.0 Å². The van der Waals surface area contributed by atoms with Gasteiger partial charge in [-0.25, -0.2) is 13.4 Å². The Kier molecular flexibility index (Phi) is 5.08. The van der Waals surface area contributed by atoms with Crippen LogP contribution in [0.25, 0.3) is 0 Å². The molecule has 1 N–H and O–H groups in total. The van der Waals surface area contributed by atoms with E-state index in [0.717, 1.165) is 15.0 Å². The quantitative estimate of drug-likeness (QED) is 0.611. The van der Waals surface area contributed by atoms with Crippen molar-refractivity contribution in [3.05, 3.63) is 56.8 Å². The second-order valence-electron chi connectivity index (χ2n) is 6.21. The molecule has 2 aromatic heterocycles. The number of fused-ring (bicyclic) bond motifs is 1. The normalized spacial score (nSPS) is 14.6. The van der Waals surface area contributed by atoms with E-state index in [1.807, 2.05) is 0 Å². The number of halogens is 1. The predicted molar refractivity (Wildman–Crippen MR) is 107 cm³/mol. The van der Waals surface area contributed by atoms with E-state index in [1.165, 1.54) is 21.7 Å². The number of hydrogen-bond donors (Lipinski definition) is 1. The minimum absolute atomic E-state index is 0.171. The summed E-state index contributed by atoms with van der Waals surface area (Å²) in [6.07, 6.45) is 0.487. The highest BCUT2D eigenvalue weighted by Gasteiger charge is 2.30. The Morgan fingerprint density at radius 2 is 2.07 bits per heavy atom. The van der Waals surface area contributed by atoms with Gasteiger partial charge in [0.15, 0.2) is 10.8 Å². The summed E-state index contributed by atoms with van der Waals surface area (Å²) in [7, 11) is -3.59. The SMILES string of the molecule is Cc1cc(C(=O)Nc2nc3c(s2)CN(S(=O)(=O)c2ccc(Br)cc2)CC3)no1. The summed E-state index contributed by atoms with van der Waals surface area (Å²) in [5, 5.41) is 6.79. The van der Waals surface area contributed by atoms with E-state index in [-0.39, 0.29) is 17.1 Å². The van der Waals surface area contributed by atoms with E-state index in [9.17, 15) is 13.2 Å². The number of hydrogen-bond acceptors (Lipinski definition) is 7. The first-order chi connectivity index (χ1) is 13.3. The number of sulfonamides is 1. The van der Waals surface area contributed by atoms with Crippen molar-refractivity contribution in [2.75, 3.05) is 11.9 Å². The molecule has 1 amide bonds. The molecule has 146 valence electrons. The molecule has 4 rings (SSSR count). The number of carbonyl (C=O) groups excluding carboxylic acids is 1. The molecular weight excluding hydrogens is 468 g/mol. The fourth-order valence-corrected chi connectivity index (χ4v) is 5.59. The van der Waals surface area contributed by atoms with Gasteiger partial charge in [-0.05, 0) is 31.2 Å². The van der Waals surface area contributed by atoms with Crippen molar-refractivity contribution in [2.45, 2.75) is 24.8 Å². The average Bonchev–Trinajstić information content (AvgIpc) is 3.27. The number of rotatable bonds is 4. The first-order valence-corrected chi connectivity index (χ1v) is 11.4. The van der Waals surface area contributed by atoms with Crippen LogP contribution in [0.3, 0.4) is 0 Å². The highest BCUT2D eigenvalue weighted by molar-refractivity contribution is 9.10. The van der Waals surface area contributed by atoms with Crippen LogP contribution in [0.15, 0.2) is 44.2 Å². The third kappa shape index (κ3) is 3.75. The van der Waals surface area contributed by atoms with Crippen molar-refractivity contribution in [1.82, 2.24) is 14.4 Å². The molecule has 0 saturated carbocycles. The summed E-state index contributed by atoms with van der Waals surface area (Å²) in [5.41, 5.74) is 0.976. The zero-order valence-electron chi connectivity index (χ0n) is 14.7. The molecule has 28 heavy (non-hydrogen) atoms. The lowest BCUT2D eigenvalue weighted by Gasteiger charge is -2.25. The number of aryl methyl sites for hydroxylation is 1. The molecule has 0 atom stereocenters. The summed E-state index contributed by atoms with van der Waals surface area (Å²) in [6, 6.07) is 8.10. The molecule has 1 aliphatic heterocycles. The number of nitrogens with one attached hydrogen (secondary N) is 1. The summed E-state index contributed by atoms with van der Waals surface area (Å²) >= 11 is 4.58. The lowest BCUT2D eigenvalue weighted by Crippen LogP contribution is -2.35. The van der Waals surface area contributed by atoms with Gasteiger partial charge in [0.05, 0.1) is 17.1 Å². The second kappa shape index (κ2) is 7.39. The molecule has 0 spiro atoms. The minimum atomic E-state index is -3.59. The average molecular weight is 483 g/mol.